The van der Waals surface area contributed by atoms with Crippen LogP contribution in [0.25, 0.3) is 10.8 Å². The molecule has 1 N–H and O–H groups in total. The minimum Gasteiger partial charge on any atom is -0.326 e. The smallest absolute Gasteiger partial charge is 0.224 e. The molecule has 82 valence electrons. The fourth-order valence-electron chi connectivity index (χ4n) is 1.54. The van der Waals surface area contributed by atoms with Crippen molar-refractivity contribution in [3.05, 3.63) is 42.2 Å². The summed E-state index contributed by atoms with van der Waals surface area (Å²) in [6.07, 6.45) is 0.446. The molecule has 3 heteroatoms. The Morgan fingerprint density at radius 3 is 2.62 bits per heavy atom. The van der Waals surface area contributed by atoms with Gasteiger partial charge in [0.05, 0.1) is 0 Å². The van der Waals surface area contributed by atoms with E-state index >= 15 is 0 Å². The van der Waals surface area contributed by atoms with E-state index in [-0.39, 0.29) is 11.7 Å². The minimum atomic E-state index is -0.252. The average Bonchev–Trinajstić information content (AvgIpc) is 2.29. The molecule has 2 aromatic carbocycles. The van der Waals surface area contributed by atoms with E-state index in [1.54, 1.807) is 25.1 Å². The molecule has 0 radical (unpaired) electrons. The Kier molecular flexibility index (Phi) is 2.86. The second-order valence-corrected chi connectivity index (χ2v) is 3.61. The lowest BCUT2D eigenvalue weighted by atomic mass is 10.1. The Bertz CT molecular complexity index is 536. The van der Waals surface area contributed by atoms with Crippen molar-refractivity contribution in [2.75, 3.05) is 5.32 Å². The number of amides is 1. The second kappa shape index (κ2) is 4.31. The maximum Gasteiger partial charge on any atom is 0.224 e. The standard InChI is InChI=1S/C13H12FNO/c1-2-13(16)15-12-6-4-9-7-11(14)5-3-10(9)8-12/h3-8H,2H2,1H3,(H,15,16). The molecule has 0 aliphatic rings. The van der Waals surface area contributed by atoms with E-state index in [1.165, 1.54) is 12.1 Å². The highest BCUT2D eigenvalue weighted by atomic mass is 19.1. The van der Waals surface area contributed by atoms with Crippen LogP contribution >= 0.6 is 0 Å². The third-order valence-electron chi connectivity index (χ3n) is 2.41. The van der Waals surface area contributed by atoms with E-state index in [9.17, 15) is 9.18 Å². The van der Waals surface area contributed by atoms with Crippen LogP contribution in [0.15, 0.2) is 36.4 Å². The highest BCUT2D eigenvalue weighted by Gasteiger charge is 2.01. The van der Waals surface area contributed by atoms with Crippen molar-refractivity contribution in [2.24, 2.45) is 0 Å². The van der Waals surface area contributed by atoms with Crippen LogP contribution in [0.4, 0.5) is 10.1 Å². The zero-order valence-electron chi connectivity index (χ0n) is 8.96. The number of anilines is 1. The van der Waals surface area contributed by atoms with Gasteiger partial charge in [0, 0.05) is 12.1 Å². The number of hydrogen-bond donors (Lipinski definition) is 1. The first-order valence-corrected chi connectivity index (χ1v) is 5.18. The first kappa shape index (κ1) is 10.6. The van der Waals surface area contributed by atoms with Crippen LogP contribution in [-0.2, 0) is 4.79 Å². The van der Waals surface area contributed by atoms with E-state index in [0.29, 0.717) is 6.42 Å². The summed E-state index contributed by atoms with van der Waals surface area (Å²) in [6.45, 7) is 1.80. The van der Waals surface area contributed by atoms with Crippen molar-refractivity contribution in [3.63, 3.8) is 0 Å². The summed E-state index contributed by atoms with van der Waals surface area (Å²) in [5.74, 6) is -0.278. The molecule has 0 aliphatic carbocycles. The molecule has 2 rings (SSSR count). The summed E-state index contributed by atoms with van der Waals surface area (Å²) in [5, 5.41) is 4.51. The molecule has 0 bridgehead atoms. The summed E-state index contributed by atoms with van der Waals surface area (Å²) in [6, 6.07) is 9.99. The van der Waals surface area contributed by atoms with Crippen LogP contribution in [0.3, 0.4) is 0 Å². The van der Waals surface area contributed by atoms with Gasteiger partial charge in [-0.05, 0) is 35.0 Å². The van der Waals surface area contributed by atoms with Crippen LogP contribution < -0.4 is 5.32 Å². The molecule has 0 fully saturated rings. The number of carbonyl (C=O) groups excluding carboxylic acids is 1. The van der Waals surface area contributed by atoms with E-state index in [2.05, 4.69) is 5.32 Å². The summed E-state index contributed by atoms with van der Waals surface area (Å²) in [7, 11) is 0. The molecule has 0 unspecified atom stereocenters. The van der Waals surface area contributed by atoms with Gasteiger partial charge < -0.3 is 5.32 Å². The molecular weight excluding hydrogens is 205 g/mol. The second-order valence-electron chi connectivity index (χ2n) is 3.61. The Morgan fingerprint density at radius 1 is 1.19 bits per heavy atom. The summed E-state index contributed by atoms with van der Waals surface area (Å²) < 4.78 is 12.9. The molecule has 2 nitrogen and oxygen atoms in total. The zero-order chi connectivity index (χ0) is 11.5. The first-order chi connectivity index (χ1) is 7.69. The molecule has 16 heavy (non-hydrogen) atoms. The third kappa shape index (κ3) is 2.19. The van der Waals surface area contributed by atoms with Gasteiger partial charge in [0.1, 0.15) is 5.82 Å². The van der Waals surface area contributed by atoms with Gasteiger partial charge in [0.25, 0.3) is 0 Å². The van der Waals surface area contributed by atoms with E-state index in [0.717, 1.165) is 16.5 Å². The van der Waals surface area contributed by atoms with Gasteiger partial charge in [0.2, 0.25) is 5.91 Å². The number of rotatable bonds is 2. The van der Waals surface area contributed by atoms with Crippen LogP contribution in [0.2, 0.25) is 0 Å². The Hall–Kier alpha value is -1.90. The highest BCUT2D eigenvalue weighted by molar-refractivity contribution is 5.94. The van der Waals surface area contributed by atoms with Crippen molar-refractivity contribution in [3.8, 4) is 0 Å². The third-order valence-corrected chi connectivity index (χ3v) is 2.41. The number of benzene rings is 2. The molecule has 0 spiro atoms. The molecule has 0 saturated heterocycles. The number of carbonyl (C=O) groups is 1. The van der Waals surface area contributed by atoms with Gasteiger partial charge in [-0.1, -0.05) is 19.1 Å². The predicted octanol–water partition coefficient (Wildman–Crippen LogP) is 3.33. The quantitative estimate of drug-likeness (QED) is 0.821. The van der Waals surface area contributed by atoms with Gasteiger partial charge in [0.15, 0.2) is 0 Å². The van der Waals surface area contributed by atoms with Crippen molar-refractivity contribution >= 4 is 22.4 Å². The lowest BCUT2D eigenvalue weighted by Gasteiger charge is -2.05. The molecular formula is C13H12FNO. The fraction of sp³-hybridized carbons (Fsp3) is 0.154. The molecule has 0 saturated carbocycles. The minimum absolute atomic E-state index is 0.0264. The van der Waals surface area contributed by atoms with E-state index in [4.69, 9.17) is 0 Å². The van der Waals surface area contributed by atoms with Crippen LogP contribution in [0.1, 0.15) is 13.3 Å². The van der Waals surface area contributed by atoms with E-state index in [1.807, 2.05) is 6.07 Å². The number of fused-ring (bicyclic) bond motifs is 1. The first-order valence-electron chi connectivity index (χ1n) is 5.18. The van der Waals surface area contributed by atoms with Crippen molar-refractivity contribution < 1.29 is 9.18 Å². The van der Waals surface area contributed by atoms with Gasteiger partial charge >= 0.3 is 0 Å². The molecule has 1 amide bonds. The largest absolute Gasteiger partial charge is 0.326 e. The van der Waals surface area contributed by atoms with Crippen molar-refractivity contribution in [1.82, 2.24) is 0 Å². The van der Waals surface area contributed by atoms with Gasteiger partial charge in [-0.25, -0.2) is 4.39 Å². The summed E-state index contributed by atoms with van der Waals surface area (Å²) in [4.78, 5) is 11.2. The lowest BCUT2D eigenvalue weighted by molar-refractivity contribution is -0.115. The van der Waals surface area contributed by atoms with Gasteiger partial charge in [-0.3, -0.25) is 4.79 Å². The van der Waals surface area contributed by atoms with Crippen LogP contribution in [-0.4, -0.2) is 5.91 Å². The van der Waals surface area contributed by atoms with Crippen LogP contribution in [0, 0.1) is 5.82 Å². The number of hydrogen-bond acceptors (Lipinski definition) is 1. The van der Waals surface area contributed by atoms with Crippen molar-refractivity contribution in [1.29, 1.82) is 0 Å². The normalized spacial score (nSPS) is 10.4. The molecule has 0 heterocycles. The molecule has 0 aromatic heterocycles. The van der Waals surface area contributed by atoms with Gasteiger partial charge in [-0.15, -0.1) is 0 Å². The van der Waals surface area contributed by atoms with Crippen LogP contribution in [0.5, 0.6) is 0 Å². The zero-order valence-corrected chi connectivity index (χ0v) is 8.96. The Morgan fingerprint density at radius 2 is 1.88 bits per heavy atom. The average molecular weight is 217 g/mol. The Labute approximate surface area is 93.1 Å². The van der Waals surface area contributed by atoms with E-state index < -0.39 is 0 Å². The predicted molar refractivity (Wildman–Crippen MR) is 62.8 cm³/mol. The molecule has 0 atom stereocenters. The molecule has 0 aliphatic heterocycles. The maximum absolute atomic E-state index is 12.9. The molecule has 2 aromatic rings. The number of nitrogens with one attached hydrogen (secondary N) is 1. The van der Waals surface area contributed by atoms with Crippen molar-refractivity contribution in [2.45, 2.75) is 13.3 Å². The van der Waals surface area contributed by atoms with Gasteiger partial charge in [-0.2, -0.15) is 0 Å². The lowest BCUT2D eigenvalue weighted by Crippen LogP contribution is -2.09. The summed E-state index contributed by atoms with van der Waals surface area (Å²) >= 11 is 0. The topological polar surface area (TPSA) is 29.1 Å². The summed E-state index contributed by atoms with van der Waals surface area (Å²) in [5.41, 5.74) is 0.742. The fourth-order valence-corrected chi connectivity index (χ4v) is 1.54. The highest BCUT2D eigenvalue weighted by Crippen LogP contribution is 2.20. The monoisotopic (exact) mass is 217 g/mol. The number of halogens is 1. The maximum atomic E-state index is 12.9. The Balaban J connectivity index is 2.37. The SMILES string of the molecule is CCC(=O)Nc1ccc2cc(F)ccc2c1.